The van der Waals surface area contributed by atoms with Gasteiger partial charge in [0.1, 0.15) is 0 Å². The third-order valence-corrected chi connectivity index (χ3v) is 2.94. The maximum Gasteiger partial charge on any atom is 0.160 e. The average Bonchev–Trinajstić information content (AvgIpc) is 3.01. The average molecular weight is 207 g/mol. The number of ether oxygens (including phenoxy) is 1. The van der Waals surface area contributed by atoms with Crippen molar-refractivity contribution in [2.24, 2.45) is 11.7 Å². The summed E-state index contributed by atoms with van der Waals surface area (Å²) in [4.78, 5) is 0. The van der Waals surface area contributed by atoms with Crippen LogP contribution in [0.25, 0.3) is 0 Å². The lowest BCUT2D eigenvalue weighted by molar-refractivity contribution is 0.373. The van der Waals surface area contributed by atoms with E-state index in [1.54, 1.807) is 19.2 Å². The number of hydrogen-bond donors (Lipinski definition) is 2. The zero-order chi connectivity index (χ0) is 10.8. The van der Waals surface area contributed by atoms with Crippen molar-refractivity contribution in [3.8, 4) is 11.5 Å². The largest absolute Gasteiger partial charge is 0.504 e. The quantitative estimate of drug-likeness (QED) is 0.789. The Hall–Kier alpha value is -1.22. The highest BCUT2D eigenvalue weighted by Gasteiger charge is 2.28. The van der Waals surface area contributed by atoms with Crippen LogP contribution in [0.3, 0.4) is 0 Å². The van der Waals surface area contributed by atoms with Crippen LogP contribution in [-0.4, -0.2) is 18.3 Å². The Balaban J connectivity index is 2.05. The SMILES string of the molecule is COc1ccc(CC(N)C2CC2)cc1O. The van der Waals surface area contributed by atoms with E-state index in [0.29, 0.717) is 11.7 Å². The Morgan fingerprint density at radius 1 is 1.53 bits per heavy atom. The van der Waals surface area contributed by atoms with Crippen LogP contribution < -0.4 is 10.5 Å². The lowest BCUT2D eigenvalue weighted by atomic mass is 10.0. The molecule has 1 aliphatic rings. The summed E-state index contributed by atoms with van der Waals surface area (Å²) >= 11 is 0. The molecule has 1 aromatic carbocycles. The molecule has 3 heteroatoms. The molecule has 0 aliphatic heterocycles. The number of methoxy groups -OCH3 is 1. The van der Waals surface area contributed by atoms with Gasteiger partial charge in [0.2, 0.25) is 0 Å². The molecule has 0 amide bonds. The van der Waals surface area contributed by atoms with E-state index >= 15 is 0 Å². The van der Waals surface area contributed by atoms with Gasteiger partial charge in [-0.2, -0.15) is 0 Å². The molecule has 1 atom stereocenters. The lowest BCUT2D eigenvalue weighted by Gasteiger charge is -2.11. The molecule has 0 bridgehead atoms. The van der Waals surface area contributed by atoms with Crippen molar-refractivity contribution in [3.63, 3.8) is 0 Å². The number of phenols is 1. The summed E-state index contributed by atoms with van der Waals surface area (Å²) in [6.45, 7) is 0. The van der Waals surface area contributed by atoms with Crippen molar-refractivity contribution in [2.75, 3.05) is 7.11 Å². The van der Waals surface area contributed by atoms with Gasteiger partial charge in [-0.25, -0.2) is 0 Å². The van der Waals surface area contributed by atoms with Crippen molar-refractivity contribution in [1.29, 1.82) is 0 Å². The van der Waals surface area contributed by atoms with Crippen molar-refractivity contribution in [2.45, 2.75) is 25.3 Å². The molecule has 1 fully saturated rings. The maximum absolute atomic E-state index is 9.59. The van der Waals surface area contributed by atoms with Crippen LogP contribution in [0, 0.1) is 5.92 Å². The third kappa shape index (κ3) is 2.42. The Kier molecular flexibility index (Phi) is 2.82. The van der Waals surface area contributed by atoms with E-state index in [0.717, 1.165) is 12.0 Å². The molecule has 0 spiro atoms. The predicted molar refractivity (Wildman–Crippen MR) is 59.1 cm³/mol. The monoisotopic (exact) mass is 207 g/mol. The van der Waals surface area contributed by atoms with Crippen LogP contribution in [0.2, 0.25) is 0 Å². The number of phenolic OH excluding ortho intramolecular Hbond substituents is 1. The molecule has 0 saturated heterocycles. The molecule has 0 aromatic heterocycles. The summed E-state index contributed by atoms with van der Waals surface area (Å²) in [6.07, 6.45) is 3.34. The second-order valence-corrected chi connectivity index (χ2v) is 4.21. The summed E-state index contributed by atoms with van der Waals surface area (Å²) in [5.41, 5.74) is 7.10. The molecular formula is C12H17NO2. The molecule has 3 N–H and O–H groups in total. The second-order valence-electron chi connectivity index (χ2n) is 4.21. The predicted octanol–water partition coefficient (Wildman–Crippen LogP) is 1.68. The van der Waals surface area contributed by atoms with E-state index in [1.165, 1.54) is 12.8 Å². The van der Waals surface area contributed by atoms with Crippen LogP contribution in [-0.2, 0) is 6.42 Å². The minimum absolute atomic E-state index is 0.193. The van der Waals surface area contributed by atoms with Gasteiger partial charge in [0.05, 0.1) is 7.11 Å². The second kappa shape index (κ2) is 4.11. The highest BCUT2D eigenvalue weighted by atomic mass is 16.5. The highest BCUT2D eigenvalue weighted by molar-refractivity contribution is 5.41. The summed E-state index contributed by atoms with van der Waals surface area (Å²) in [5, 5.41) is 9.59. The molecule has 1 aromatic rings. The van der Waals surface area contributed by atoms with E-state index < -0.39 is 0 Å². The topological polar surface area (TPSA) is 55.5 Å². The first-order chi connectivity index (χ1) is 7.20. The fourth-order valence-corrected chi connectivity index (χ4v) is 1.83. The van der Waals surface area contributed by atoms with E-state index in [9.17, 15) is 5.11 Å². The summed E-state index contributed by atoms with van der Waals surface area (Å²) in [6, 6.07) is 5.71. The van der Waals surface area contributed by atoms with E-state index in [1.807, 2.05) is 6.07 Å². The first kappa shape index (κ1) is 10.3. The normalized spacial score (nSPS) is 17.5. The molecule has 0 heterocycles. The fraction of sp³-hybridized carbons (Fsp3) is 0.500. The molecule has 0 radical (unpaired) electrons. The van der Waals surface area contributed by atoms with Crippen molar-refractivity contribution in [3.05, 3.63) is 23.8 Å². The van der Waals surface area contributed by atoms with Gasteiger partial charge in [-0.05, 0) is 42.9 Å². The van der Waals surface area contributed by atoms with Gasteiger partial charge < -0.3 is 15.6 Å². The zero-order valence-corrected chi connectivity index (χ0v) is 8.94. The van der Waals surface area contributed by atoms with E-state index in [-0.39, 0.29) is 11.8 Å². The summed E-state index contributed by atoms with van der Waals surface area (Å²) in [5.74, 6) is 1.39. The standard InChI is InChI=1S/C12H17NO2/c1-15-12-5-2-8(7-11(12)14)6-10(13)9-3-4-9/h2,5,7,9-10,14H,3-4,6,13H2,1H3. The number of rotatable bonds is 4. The van der Waals surface area contributed by atoms with Gasteiger partial charge in [0.25, 0.3) is 0 Å². The number of hydrogen-bond acceptors (Lipinski definition) is 3. The minimum atomic E-state index is 0.193. The van der Waals surface area contributed by atoms with Crippen LogP contribution in [0.1, 0.15) is 18.4 Å². The van der Waals surface area contributed by atoms with Crippen LogP contribution >= 0.6 is 0 Å². The van der Waals surface area contributed by atoms with Crippen molar-refractivity contribution < 1.29 is 9.84 Å². The fourth-order valence-electron chi connectivity index (χ4n) is 1.83. The van der Waals surface area contributed by atoms with E-state index in [2.05, 4.69) is 0 Å². The number of nitrogens with two attached hydrogens (primary N) is 1. The molecule has 82 valence electrons. The summed E-state index contributed by atoms with van der Waals surface area (Å²) in [7, 11) is 1.55. The molecule has 2 rings (SSSR count). The van der Waals surface area contributed by atoms with Gasteiger partial charge in [0, 0.05) is 6.04 Å². The molecule has 1 unspecified atom stereocenters. The zero-order valence-electron chi connectivity index (χ0n) is 8.94. The number of aromatic hydroxyl groups is 1. The molecule has 1 saturated carbocycles. The smallest absolute Gasteiger partial charge is 0.160 e. The van der Waals surface area contributed by atoms with Gasteiger partial charge >= 0.3 is 0 Å². The van der Waals surface area contributed by atoms with Crippen LogP contribution in [0.5, 0.6) is 11.5 Å². The van der Waals surface area contributed by atoms with Gasteiger partial charge in [-0.1, -0.05) is 6.07 Å². The Morgan fingerprint density at radius 3 is 2.80 bits per heavy atom. The van der Waals surface area contributed by atoms with Crippen LogP contribution in [0.4, 0.5) is 0 Å². The van der Waals surface area contributed by atoms with Crippen molar-refractivity contribution >= 4 is 0 Å². The van der Waals surface area contributed by atoms with Gasteiger partial charge in [0.15, 0.2) is 11.5 Å². The first-order valence-electron chi connectivity index (χ1n) is 5.32. The first-order valence-corrected chi connectivity index (χ1v) is 5.32. The Labute approximate surface area is 89.9 Å². The van der Waals surface area contributed by atoms with E-state index in [4.69, 9.17) is 10.5 Å². The summed E-state index contributed by atoms with van der Waals surface area (Å²) < 4.78 is 4.98. The molecule has 15 heavy (non-hydrogen) atoms. The van der Waals surface area contributed by atoms with Crippen molar-refractivity contribution in [1.82, 2.24) is 0 Å². The van der Waals surface area contributed by atoms with Crippen LogP contribution in [0.15, 0.2) is 18.2 Å². The number of benzene rings is 1. The Morgan fingerprint density at radius 2 is 2.27 bits per heavy atom. The molecule has 3 nitrogen and oxygen atoms in total. The maximum atomic E-state index is 9.59. The van der Waals surface area contributed by atoms with Gasteiger partial charge in [-0.3, -0.25) is 0 Å². The highest BCUT2D eigenvalue weighted by Crippen LogP contribution is 2.34. The third-order valence-electron chi connectivity index (χ3n) is 2.94. The lowest BCUT2D eigenvalue weighted by Crippen LogP contribution is -2.24. The van der Waals surface area contributed by atoms with Gasteiger partial charge in [-0.15, -0.1) is 0 Å². The Bertz CT molecular complexity index is 347. The molecular weight excluding hydrogens is 190 g/mol. The molecule has 1 aliphatic carbocycles. The minimum Gasteiger partial charge on any atom is -0.504 e.